The van der Waals surface area contributed by atoms with E-state index in [9.17, 15) is 14.4 Å². The topological polar surface area (TPSA) is 51.2 Å². The van der Waals surface area contributed by atoms with Crippen LogP contribution in [0.3, 0.4) is 0 Å². The van der Waals surface area contributed by atoms with Gasteiger partial charge in [-0.05, 0) is 0 Å². The van der Waals surface area contributed by atoms with Crippen LogP contribution in [0, 0.1) is 0 Å². The van der Waals surface area contributed by atoms with E-state index in [4.69, 9.17) is 0 Å². The fourth-order valence-corrected chi connectivity index (χ4v) is 4.94. The molecule has 0 saturated heterocycles. The van der Waals surface area contributed by atoms with E-state index in [-0.39, 0.29) is 0 Å². The van der Waals surface area contributed by atoms with Gasteiger partial charge in [0.05, 0.1) is 0 Å². The molecule has 81 valence electrons. The summed E-state index contributed by atoms with van der Waals surface area (Å²) >= 11 is 0. The molecule has 0 atom stereocenters. The van der Waals surface area contributed by atoms with E-state index in [0.717, 1.165) is 0 Å². The van der Waals surface area contributed by atoms with Crippen LogP contribution in [0.4, 0.5) is 0 Å². The molecule has 1 aliphatic carbocycles. The zero-order valence-corrected chi connectivity index (χ0v) is 9.80. The molecule has 0 spiro atoms. The van der Waals surface area contributed by atoms with Gasteiger partial charge < -0.3 is 0 Å². The molecule has 0 N–H and O–H groups in total. The fourth-order valence-electron chi connectivity index (χ4n) is 1.46. The van der Waals surface area contributed by atoms with E-state index >= 15 is 0 Å². The van der Waals surface area contributed by atoms with Gasteiger partial charge in [-0.2, -0.15) is 0 Å². The van der Waals surface area contributed by atoms with E-state index in [0.29, 0.717) is 10.9 Å². The third kappa shape index (κ3) is 1.29. The minimum atomic E-state index is -4.31. The average Bonchev–Trinajstić information content (AvgIpc) is 2.76. The number of carbonyl (C=O) groups excluding carboxylic acids is 3. The predicted molar refractivity (Wildman–Crippen MR) is 54.0 cm³/mol. The summed E-state index contributed by atoms with van der Waals surface area (Å²) in [6.07, 6.45) is 5.63. The van der Waals surface area contributed by atoms with Crippen molar-refractivity contribution in [1.82, 2.24) is 0 Å². The second-order valence-electron chi connectivity index (χ2n) is 3.49. The summed E-state index contributed by atoms with van der Waals surface area (Å²) in [4.78, 5) is 38.3. The quantitative estimate of drug-likeness (QED) is 0.695. The standard InChI is InChI=1S/C5H5.C3H7.3CO.Mn/c1-2-4-5-3-1;1-3-2;3*1-2;/h1-3H,4H2;3H,1-2H3;;;;. The van der Waals surface area contributed by atoms with E-state index in [1.54, 1.807) is 46.4 Å². The van der Waals surface area contributed by atoms with Crippen LogP contribution >= 0.6 is 0 Å². The van der Waals surface area contributed by atoms with Gasteiger partial charge in [-0.1, -0.05) is 0 Å². The molecule has 0 aromatic carbocycles. The van der Waals surface area contributed by atoms with E-state index in [1.165, 1.54) is 0 Å². The zero-order valence-electron chi connectivity index (χ0n) is 8.62. The first-order valence-electron chi connectivity index (χ1n) is 4.46. The maximum absolute atomic E-state index is 11.2. The molecule has 0 aromatic rings. The molecule has 0 fully saturated rings. The molecule has 4 heteroatoms. The molecule has 1 rings (SSSR count). The molecule has 3 nitrogen and oxygen atoms in total. The van der Waals surface area contributed by atoms with Crippen molar-refractivity contribution in [3.63, 3.8) is 0 Å². The summed E-state index contributed by atoms with van der Waals surface area (Å²) in [6.45, 7) is 3.35. The van der Waals surface area contributed by atoms with Gasteiger partial charge in [-0.15, -0.1) is 0 Å². The van der Waals surface area contributed by atoms with Gasteiger partial charge in [0.1, 0.15) is 0 Å². The average molecular weight is 247 g/mol. The van der Waals surface area contributed by atoms with Crippen molar-refractivity contribution in [2.75, 3.05) is 0 Å². The first-order chi connectivity index (χ1) is 7.06. The van der Waals surface area contributed by atoms with Crippen LogP contribution in [0.1, 0.15) is 20.3 Å². The summed E-state index contributed by atoms with van der Waals surface area (Å²) in [7, 11) is -4.31. The van der Waals surface area contributed by atoms with Gasteiger partial charge in [-0.3, -0.25) is 0 Å². The zero-order chi connectivity index (χ0) is 11.6. The Labute approximate surface area is 87.3 Å². The summed E-state index contributed by atoms with van der Waals surface area (Å²) in [5.41, 5.74) is 0. The van der Waals surface area contributed by atoms with Crippen LogP contribution < -0.4 is 0 Å². The van der Waals surface area contributed by atoms with Crippen molar-refractivity contribution in [3.8, 4) is 0 Å². The van der Waals surface area contributed by atoms with Crippen LogP contribution in [-0.2, 0) is 24.9 Å². The van der Waals surface area contributed by atoms with Crippen molar-refractivity contribution in [2.24, 2.45) is 0 Å². The predicted octanol–water partition coefficient (Wildman–Crippen LogP) is 1.55. The SMILES string of the molecule is C[CH](C)[Mn](=[C]=O)(=[C]=O)(=[C]=O)[C]1=CC=CC1. The van der Waals surface area contributed by atoms with Crippen molar-refractivity contribution in [2.45, 2.75) is 25.1 Å². The molecule has 0 heterocycles. The molecular weight excluding hydrogens is 235 g/mol. The second kappa shape index (κ2) is 3.71. The molecule has 0 unspecified atom stereocenters. The first kappa shape index (κ1) is 11.8. The van der Waals surface area contributed by atoms with Crippen molar-refractivity contribution in [3.05, 3.63) is 22.7 Å². The molecule has 0 bridgehead atoms. The summed E-state index contributed by atoms with van der Waals surface area (Å²) in [5, 5.41) is 0. The second-order valence-corrected chi connectivity index (χ2v) is 9.47. The summed E-state index contributed by atoms with van der Waals surface area (Å²) < 4.78 is 0.548. The molecule has 0 amide bonds. The molecular formula is C11H12MnO3. The monoisotopic (exact) mass is 247 g/mol. The van der Waals surface area contributed by atoms with Crippen LogP contribution in [0.25, 0.3) is 0 Å². The Hall–Kier alpha value is -1.26. The normalized spacial score (nSPS) is 17.3. The van der Waals surface area contributed by atoms with E-state index in [1.807, 2.05) is 0 Å². The molecule has 0 saturated carbocycles. The van der Waals surface area contributed by atoms with Gasteiger partial charge in [0.25, 0.3) is 0 Å². The molecule has 0 aliphatic heterocycles. The summed E-state index contributed by atoms with van der Waals surface area (Å²) in [6, 6.07) is 0. The van der Waals surface area contributed by atoms with Crippen LogP contribution in [0.2, 0.25) is 4.82 Å². The van der Waals surface area contributed by atoms with Gasteiger partial charge in [0.15, 0.2) is 0 Å². The first-order valence-corrected chi connectivity index (χ1v) is 7.50. The van der Waals surface area contributed by atoms with E-state index in [2.05, 4.69) is 0 Å². The molecule has 0 aromatic heterocycles. The third-order valence-corrected chi connectivity index (χ3v) is 8.82. The molecule has 0 radical (unpaired) electrons. The Kier molecular flexibility index (Phi) is 2.93. The van der Waals surface area contributed by atoms with Crippen molar-refractivity contribution < 1.29 is 24.9 Å². The van der Waals surface area contributed by atoms with Crippen molar-refractivity contribution in [1.29, 1.82) is 0 Å². The minimum absolute atomic E-state index is 0.398. The number of hydrogen-bond donors (Lipinski definition) is 0. The Balaban J connectivity index is 4.05. The Bertz CT molecular complexity index is 586. The Morgan fingerprint density at radius 2 is 1.73 bits per heavy atom. The van der Waals surface area contributed by atoms with E-state index < -0.39 is 15.3 Å². The van der Waals surface area contributed by atoms with Gasteiger partial charge in [0.2, 0.25) is 0 Å². The maximum atomic E-state index is 11.2. The molecule has 1 aliphatic rings. The van der Waals surface area contributed by atoms with Gasteiger partial charge in [0, 0.05) is 0 Å². The van der Waals surface area contributed by atoms with Gasteiger partial charge in [-0.25, -0.2) is 0 Å². The number of rotatable bonds is 2. The van der Waals surface area contributed by atoms with Gasteiger partial charge >= 0.3 is 87.0 Å². The summed E-state index contributed by atoms with van der Waals surface area (Å²) in [5.74, 6) is 0. The van der Waals surface area contributed by atoms with Crippen molar-refractivity contribution >= 4 is 14.4 Å². The fraction of sp³-hybridized carbons (Fsp3) is 0.364. The molecule has 15 heavy (non-hydrogen) atoms. The number of hydrogen-bond acceptors (Lipinski definition) is 3. The van der Waals surface area contributed by atoms with Crippen LogP contribution in [-0.4, -0.2) is 14.4 Å². The Morgan fingerprint density at radius 1 is 1.20 bits per heavy atom. The van der Waals surface area contributed by atoms with Crippen LogP contribution in [0.5, 0.6) is 0 Å². The number of allylic oxidation sites excluding steroid dienone is 4. The van der Waals surface area contributed by atoms with Crippen LogP contribution in [0.15, 0.2) is 22.7 Å². The third-order valence-electron chi connectivity index (χ3n) is 2.58. The Morgan fingerprint density at radius 3 is 2.00 bits per heavy atom.